The number of aldehydes is 1. The standard InChI is InChI=1S/C9H14O/c10-6-9(8-3-4-8)5-7-1-2-7/h6-9H,1-5H2. The summed E-state index contributed by atoms with van der Waals surface area (Å²) in [5.74, 6) is 2.15. The molecule has 1 atom stereocenters. The van der Waals surface area contributed by atoms with Gasteiger partial charge in [0.25, 0.3) is 0 Å². The second-order valence-electron chi connectivity index (χ2n) is 3.82. The Bertz CT molecular complexity index is 134. The van der Waals surface area contributed by atoms with Gasteiger partial charge >= 0.3 is 0 Å². The predicted molar refractivity (Wildman–Crippen MR) is 39.6 cm³/mol. The molecule has 2 rings (SSSR count). The first-order chi connectivity index (χ1) is 4.90. The van der Waals surface area contributed by atoms with E-state index in [0.717, 1.165) is 11.8 Å². The quantitative estimate of drug-likeness (QED) is 0.543. The number of hydrogen-bond acceptors (Lipinski definition) is 1. The summed E-state index contributed by atoms with van der Waals surface area (Å²) in [6.07, 6.45) is 7.80. The van der Waals surface area contributed by atoms with E-state index in [0.29, 0.717) is 5.92 Å². The molecular weight excluding hydrogens is 124 g/mol. The lowest BCUT2D eigenvalue weighted by atomic mass is 9.99. The van der Waals surface area contributed by atoms with Gasteiger partial charge in [-0.1, -0.05) is 12.8 Å². The topological polar surface area (TPSA) is 17.1 Å². The fraction of sp³-hybridized carbons (Fsp3) is 0.889. The van der Waals surface area contributed by atoms with Crippen LogP contribution in [0, 0.1) is 17.8 Å². The Hall–Kier alpha value is -0.330. The molecule has 0 aromatic heterocycles. The zero-order valence-corrected chi connectivity index (χ0v) is 6.25. The van der Waals surface area contributed by atoms with Crippen LogP contribution < -0.4 is 0 Å². The average molecular weight is 138 g/mol. The monoisotopic (exact) mass is 138 g/mol. The SMILES string of the molecule is O=CC(CC1CC1)C1CC1. The van der Waals surface area contributed by atoms with Crippen molar-refractivity contribution in [3.8, 4) is 0 Å². The zero-order chi connectivity index (χ0) is 6.97. The largest absolute Gasteiger partial charge is 0.303 e. The van der Waals surface area contributed by atoms with Crippen LogP contribution >= 0.6 is 0 Å². The van der Waals surface area contributed by atoms with Gasteiger partial charge in [0.05, 0.1) is 0 Å². The average Bonchev–Trinajstić information content (AvgIpc) is 2.76. The first-order valence-electron chi connectivity index (χ1n) is 4.35. The molecule has 0 heterocycles. The molecule has 0 aromatic rings. The minimum Gasteiger partial charge on any atom is -0.303 e. The van der Waals surface area contributed by atoms with Gasteiger partial charge in [0.2, 0.25) is 0 Å². The zero-order valence-electron chi connectivity index (χ0n) is 6.25. The van der Waals surface area contributed by atoms with Gasteiger partial charge in [-0.2, -0.15) is 0 Å². The van der Waals surface area contributed by atoms with Gasteiger partial charge in [0.1, 0.15) is 6.29 Å². The maximum absolute atomic E-state index is 10.5. The molecule has 0 amide bonds. The van der Waals surface area contributed by atoms with Crippen molar-refractivity contribution < 1.29 is 4.79 Å². The molecule has 0 aliphatic heterocycles. The molecule has 1 heteroatoms. The third-order valence-corrected chi connectivity index (χ3v) is 2.70. The highest BCUT2D eigenvalue weighted by Crippen LogP contribution is 2.43. The van der Waals surface area contributed by atoms with Gasteiger partial charge in [0.15, 0.2) is 0 Å². The highest BCUT2D eigenvalue weighted by atomic mass is 16.1. The van der Waals surface area contributed by atoms with Crippen LogP contribution in [0.3, 0.4) is 0 Å². The molecule has 2 fully saturated rings. The van der Waals surface area contributed by atoms with Crippen molar-refractivity contribution >= 4 is 6.29 Å². The second-order valence-corrected chi connectivity index (χ2v) is 3.82. The van der Waals surface area contributed by atoms with Gasteiger partial charge in [-0.05, 0) is 31.1 Å². The fourth-order valence-corrected chi connectivity index (χ4v) is 1.62. The molecule has 56 valence electrons. The van der Waals surface area contributed by atoms with Crippen LogP contribution in [-0.4, -0.2) is 6.29 Å². The molecule has 2 aliphatic rings. The molecule has 1 unspecified atom stereocenters. The first-order valence-corrected chi connectivity index (χ1v) is 4.35. The molecule has 0 radical (unpaired) electrons. The molecule has 0 saturated heterocycles. The maximum atomic E-state index is 10.5. The predicted octanol–water partition coefficient (Wildman–Crippen LogP) is 2.01. The van der Waals surface area contributed by atoms with Crippen molar-refractivity contribution in [2.75, 3.05) is 0 Å². The summed E-state index contributed by atoms with van der Waals surface area (Å²) in [6.45, 7) is 0. The Kier molecular flexibility index (Phi) is 1.51. The highest BCUT2D eigenvalue weighted by Gasteiger charge is 2.35. The van der Waals surface area contributed by atoms with Crippen molar-refractivity contribution in [1.82, 2.24) is 0 Å². The molecule has 0 aromatic carbocycles. The normalized spacial score (nSPS) is 28.0. The smallest absolute Gasteiger partial charge is 0.123 e. The fourth-order valence-electron chi connectivity index (χ4n) is 1.62. The Balaban J connectivity index is 1.78. The van der Waals surface area contributed by atoms with Crippen molar-refractivity contribution in [3.63, 3.8) is 0 Å². The van der Waals surface area contributed by atoms with E-state index in [2.05, 4.69) is 0 Å². The van der Waals surface area contributed by atoms with Crippen LogP contribution in [0.5, 0.6) is 0 Å². The molecule has 10 heavy (non-hydrogen) atoms. The van der Waals surface area contributed by atoms with Crippen molar-refractivity contribution in [1.29, 1.82) is 0 Å². The lowest BCUT2D eigenvalue weighted by molar-refractivity contribution is -0.111. The van der Waals surface area contributed by atoms with Crippen LogP contribution in [0.2, 0.25) is 0 Å². The van der Waals surface area contributed by atoms with Crippen LogP contribution in [0.4, 0.5) is 0 Å². The minimum atomic E-state index is 0.438. The van der Waals surface area contributed by atoms with Crippen LogP contribution in [0.25, 0.3) is 0 Å². The van der Waals surface area contributed by atoms with Crippen molar-refractivity contribution in [2.45, 2.75) is 32.1 Å². The number of rotatable bonds is 4. The van der Waals surface area contributed by atoms with Gasteiger partial charge < -0.3 is 4.79 Å². The molecule has 2 aliphatic carbocycles. The first kappa shape index (κ1) is 6.38. The summed E-state index contributed by atoms with van der Waals surface area (Å²) in [5, 5.41) is 0. The molecular formula is C9H14O. The summed E-state index contributed by atoms with van der Waals surface area (Å²) in [7, 11) is 0. The number of hydrogen-bond donors (Lipinski definition) is 0. The lowest BCUT2D eigenvalue weighted by Crippen LogP contribution is -2.04. The van der Waals surface area contributed by atoms with E-state index in [4.69, 9.17) is 0 Å². The van der Waals surface area contributed by atoms with Gasteiger partial charge in [-0.15, -0.1) is 0 Å². The minimum absolute atomic E-state index is 0.438. The van der Waals surface area contributed by atoms with Crippen molar-refractivity contribution in [3.05, 3.63) is 0 Å². The Morgan fingerprint density at radius 2 is 2.00 bits per heavy atom. The van der Waals surface area contributed by atoms with Crippen LogP contribution in [-0.2, 0) is 4.79 Å². The third-order valence-electron chi connectivity index (χ3n) is 2.70. The Labute approximate surface area is 61.8 Å². The maximum Gasteiger partial charge on any atom is 0.123 e. The summed E-state index contributed by atoms with van der Waals surface area (Å²) in [4.78, 5) is 10.5. The second kappa shape index (κ2) is 2.37. The Morgan fingerprint density at radius 1 is 1.30 bits per heavy atom. The summed E-state index contributed by atoms with van der Waals surface area (Å²) in [5.41, 5.74) is 0. The molecule has 0 spiro atoms. The number of carbonyl (C=O) groups is 1. The third kappa shape index (κ3) is 1.39. The van der Waals surface area contributed by atoms with Gasteiger partial charge in [-0.3, -0.25) is 0 Å². The van der Waals surface area contributed by atoms with Crippen LogP contribution in [0.15, 0.2) is 0 Å². The summed E-state index contributed by atoms with van der Waals surface area (Å²) >= 11 is 0. The van der Waals surface area contributed by atoms with E-state index in [1.807, 2.05) is 0 Å². The van der Waals surface area contributed by atoms with E-state index in [-0.39, 0.29) is 0 Å². The molecule has 0 bridgehead atoms. The van der Waals surface area contributed by atoms with E-state index < -0.39 is 0 Å². The highest BCUT2D eigenvalue weighted by molar-refractivity contribution is 5.54. The lowest BCUT2D eigenvalue weighted by Gasteiger charge is -2.05. The van der Waals surface area contributed by atoms with Gasteiger partial charge in [0, 0.05) is 5.92 Å². The Morgan fingerprint density at radius 3 is 2.40 bits per heavy atom. The van der Waals surface area contributed by atoms with E-state index in [9.17, 15) is 4.79 Å². The van der Waals surface area contributed by atoms with E-state index >= 15 is 0 Å². The molecule has 0 N–H and O–H groups in total. The summed E-state index contributed by atoms with van der Waals surface area (Å²) < 4.78 is 0. The van der Waals surface area contributed by atoms with Gasteiger partial charge in [-0.25, -0.2) is 0 Å². The number of carbonyl (C=O) groups excluding carboxylic acids is 1. The van der Waals surface area contributed by atoms with Crippen molar-refractivity contribution in [2.24, 2.45) is 17.8 Å². The van der Waals surface area contributed by atoms with E-state index in [1.54, 1.807) is 0 Å². The molecule has 2 saturated carbocycles. The molecule has 1 nitrogen and oxygen atoms in total. The van der Waals surface area contributed by atoms with Crippen LogP contribution in [0.1, 0.15) is 32.1 Å². The summed E-state index contributed by atoms with van der Waals surface area (Å²) in [6, 6.07) is 0. The van der Waals surface area contributed by atoms with E-state index in [1.165, 1.54) is 38.4 Å².